The number of pyridine rings is 1. The number of aliphatic imine (C=N–C) groups is 1. The standard InChI is InChI=1S/C20H26FN5O.HI/c21-18-13-15(4-5-19(18)26-11-7-17(27)8-12-26)14-25-20(22)24-10-6-16-3-1-2-9-23-16;/h1-5,9,13,17,27H,6-8,10-12,14H2,(H3,22,24,25);1H. The van der Waals surface area contributed by atoms with Crippen molar-refractivity contribution in [3.63, 3.8) is 0 Å². The molecule has 0 amide bonds. The number of anilines is 1. The third kappa shape index (κ3) is 6.59. The minimum absolute atomic E-state index is 0. The highest BCUT2D eigenvalue weighted by atomic mass is 127. The van der Waals surface area contributed by atoms with Gasteiger partial charge in [0.15, 0.2) is 5.96 Å². The zero-order chi connectivity index (χ0) is 19.1. The van der Waals surface area contributed by atoms with Gasteiger partial charge in [0.2, 0.25) is 0 Å². The number of hydrogen-bond acceptors (Lipinski definition) is 4. The van der Waals surface area contributed by atoms with Crippen molar-refractivity contribution in [3.8, 4) is 0 Å². The van der Waals surface area contributed by atoms with Gasteiger partial charge in [-0.25, -0.2) is 9.38 Å². The Hall–Kier alpha value is -1.94. The van der Waals surface area contributed by atoms with Crippen LogP contribution in [0.2, 0.25) is 0 Å². The van der Waals surface area contributed by atoms with Crippen LogP contribution in [0.3, 0.4) is 0 Å². The SMILES string of the molecule is I.NC(=NCc1ccc(N2CCC(O)CC2)c(F)c1)NCCc1ccccn1. The topological polar surface area (TPSA) is 86.8 Å². The van der Waals surface area contributed by atoms with Gasteiger partial charge in [0.1, 0.15) is 5.82 Å². The lowest BCUT2D eigenvalue weighted by atomic mass is 10.1. The van der Waals surface area contributed by atoms with E-state index in [4.69, 9.17) is 5.73 Å². The highest BCUT2D eigenvalue weighted by molar-refractivity contribution is 14.0. The average Bonchev–Trinajstić information content (AvgIpc) is 2.68. The van der Waals surface area contributed by atoms with Crippen LogP contribution in [0.25, 0.3) is 0 Å². The molecule has 1 aliphatic rings. The molecule has 0 spiro atoms. The Kier molecular flexibility index (Phi) is 8.91. The zero-order valence-electron chi connectivity index (χ0n) is 15.7. The van der Waals surface area contributed by atoms with Crippen LogP contribution in [0.5, 0.6) is 0 Å². The van der Waals surface area contributed by atoms with E-state index in [2.05, 4.69) is 15.3 Å². The number of aliphatic hydroxyl groups is 1. The molecule has 152 valence electrons. The number of benzene rings is 1. The lowest BCUT2D eigenvalue weighted by Gasteiger charge is -2.31. The smallest absolute Gasteiger partial charge is 0.188 e. The van der Waals surface area contributed by atoms with Crippen LogP contribution in [0, 0.1) is 5.82 Å². The molecule has 1 aromatic carbocycles. The van der Waals surface area contributed by atoms with Crippen LogP contribution < -0.4 is 16.0 Å². The van der Waals surface area contributed by atoms with Crippen molar-refractivity contribution in [3.05, 3.63) is 59.7 Å². The molecule has 1 fully saturated rings. The maximum atomic E-state index is 14.4. The molecule has 2 aromatic rings. The van der Waals surface area contributed by atoms with Crippen molar-refractivity contribution in [2.24, 2.45) is 10.7 Å². The molecule has 1 aliphatic heterocycles. The van der Waals surface area contributed by atoms with Gasteiger partial charge in [-0.1, -0.05) is 12.1 Å². The summed E-state index contributed by atoms with van der Waals surface area (Å²) in [4.78, 5) is 10.5. The fraction of sp³-hybridized carbons (Fsp3) is 0.400. The lowest BCUT2D eigenvalue weighted by molar-refractivity contribution is 0.145. The molecule has 8 heteroatoms. The van der Waals surface area contributed by atoms with Crippen molar-refractivity contribution in [1.29, 1.82) is 0 Å². The molecule has 0 radical (unpaired) electrons. The largest absolute Gasteiger partial charge is 0.393 e. The van der Waals surface area contributed by atoms with Crippen LogP contribution in [0.1, 0.15) is 24.1 Å². The number of hydrogen-bond donors (Lipinski definition) is 3. The first-order chi connectivity index (χ1) is 13.1. The summed E-state index contributed by atoms with van der Waals surface area (Å²) in [6.45, 7) is 2.30. The summed E-state index contributed by atoms with van der Waals surface area (Å²) in [6, 6.07) is 10.9. The number of aromatic nitrogens is 1. The van der Waals surface area contributed by atoms with E-state index in [1.165, 1.54) is 6.07 Å². The Morgan fingerprint density at radius 2 is 2.07 bits per heavy atom. The molecule has 0 saturated carbocycles. The highest BCUT2D eigenvalue weighted by Crippen LogP contribution is 2.24. The fourth-order valence-corrected chi connectivity index (χ4v) is 3.11. The van der Waals surface area contributed by atoms with E-state index in [0.29, 0.717) is 50.7 Å². The number of rotatable bonds is 6. The molecular formula is C20H27FIN5O. The van der Waals surface area contributed by atoms with E-state index in [9.17, 15) is 9.50 Å². The summed E-state index contributed by atoms with van der Waals surface area (Å²) < 4.78 is 14.4. The van der Waals surface area contributed by atoms with Gasteiger partial charge in [-0.05, 0) is 42.7 Å². The minimum Gasteiger partial charge on any atom is -0.393 e. The summed E-state index contributed by atoms with van der Waals surface area (Å²) in [5.41, 5.74) is 8.21. The molecule has 0 unspecified atom stereocenters. The molecular weight excluding hydrogens is 472 g/mol. The number of aliphatic hydroxyl groups excluding tert-OH is 1. The Balaban J connectivity index is 0.00000280. The molecule has 28 heavy (non-hydrogen) atoms. The van der Waals surface area contributed by atoms with Crippen molar-refractivity contribution >= 4 is 35.6 Å². The van der Waals surface area contributed by atoms with Gasteiger partial charge in [-0.15, -0.1) is 24.0 Å². The first kappa shape index (κ1) is 22.4. The van der Waals surface area contributed by atoms with E-state index in [-0.39, 0.29) is 35.9 Å². The number of piperidine rings is 1. The number of nitrogens with one attached hydrogen (secondary N) is 1. The number of nitrogens with zero attached hydrogens (tertiary/aromatic N) is 3. The Morgan fingerprint density at radius 3 is 2.75 bits per heavy atom. The van der Waals surface area contributed by atoms with E-state index in [1.807, 2.05) is 29.2 Å². The predicted octanol–water partition coefficient (Wildman–Crippen LogP) is 2.45. The summed E-state index contributed by atoms with van der Waals surface area (Å²) >= 11 is 0. The normalized spacial score (nSPS) is 15.2. The van der Waals surface area contributed by atoms with Crippen LogP contribution in [0.4, 0.5) is 10.1 Å². The Morgan fingerprint density at radius 1 is 1.29 bits per heavy atom. The predicted molar refractivity (Wildman–Crippen MR) is 121 cm³/mol. The van der Waals surface area contributed by atoms with Crippen LogP contribution in [-0.4, -0.2) is 41.8 Å². The maximum absolute atomic E-state index is 14.4. The minimum atomic E-state index is -0.272. The third-order valence-corrected chi connectivity index (χ3v) is 4.66. The Labute approximate surface area is 182 Å². The van der Waals surface area contributed by atoms with Gasteiger partial charge < -0.3 is 21.1 Å². The summed E-state index contributed by atoms with van der Waals surface area (Å²) in [7, 11) is 0. The van der Waals surface area contributed by atoms with Crippen LogP contribution in [0.15, 0.2) is 47.6 Å². The van der Waals surface area contributed by atoms with E-state index in [0.717, 1.165) is 17.7 Å². The van der Waals surface area contributed by atoms with Crippen molar-refractivity contribution in [2.75, 3.05) is 24.5 Å². The van der Waals surface area contributed by atoms with Crippen molar-refractivity contribution in [1.82, 2.24) is 10.3 Å². The molecule has 6 nitrogen and oxygen atoms in total. The second-order valence-electron chi connectivity index (χ2n) is 6.70. The molecule has 4 N–H and O–H groups in total. The first-order valence-corrected chi connectivity index (χ1v) is 9.27. The molecule has 1 saturated heterocycles. The van der Waals surface area contributed by atoms with E-state index < -0.39 is 0 Å². The van der Waals surface area contributed by atoms with Gasteiger partial charge >= 0.3 is 0 Å². The zero-order valence-corrected chi connectivity index (χ0v) is 18.1. The van der Waals surface area contributed by atoms with Gasteiger partial charge in [0, 0.05) is 37.9 Å². The van der Waals surface area contributed by atoms with E-state index in [1.54, 1.807) is 12.3 Å². The summed E-state index contributed by atoms with van der Waals surface area (Å²) in [5, 5.41) is 12.6. The Bertz CT molecular complexity index is 766. The molecule has 0 atom stereocenters. The van der Waals surface area contributed by atoms with Crippen molar-refractivity contribution in [2.45, 2.75) is 31.9 Å². The van der Waals surface area contributed by atoms with E-state index >= 15 is 0 Å². The quantitative estimate of drug-likeness (QED) is 0.323. The van der Waals surface area contributed by atoms with Crippen LogP contribution in [-0.2, 0) is 13.0 Å². The molecule has 3 rings (SSSR count). The fourth-order valence-electron chi connectivity index (χ4n) is 3.11. The van der Waals surface area contributed by atoms with Gasteiger partial charge in [-0.3, -0.25) is 4.98 Å². The first-order valence-electron chi connectivity index (χ1n) is 9.27. The molecule has 2 heterocycles. The second kappa shape index (κ2) is 11.2. The molecule has 1 aromatic heterocycles. The van der Waals surface area contributed by atoms with Gasteiger partial charge in [-0.2, -0.15) is 0 Å². The average molecular weight is 499 g/mol. The van der Waals surface area contributed by atoms with Gasteiger partial charge in [0.25, 0.3) is 0 Å². The lowest BCUT2D eigenvalue weighted by Crippen LogP contribution is -2.36. The summed E-state index contributed by atoms with van der Waals surface area (Å²) in [6.07, 6.45) is 3.59. The van der Waals surface area contributed by atoms with Crippen molar-refractivity contribution < 1.29 is 9.50 Å². The number of nitrogens with two attached hydrogens (primary N) is 1. The summed E-state index contributed by atoms with van der Waals surface area (Å²) in [5.74, 6) is 0.0706. The number of guanidine groups is 1. The second-order valence-corrected chi connectivity index (χ2v) is 6.70. The van der Waals surface area contributed by atoms with Gasteiger partial charge in [0.05, 0.1) is 18.3 Å². The molecule has 0 aliphatic carbocycles. The maximum Gasteiger partial charge on any atom is 0.188 e. The monoisotopic (exact) mass is 499 g/mol. The molecule has 0 bridgehead atoms. The third-order valence-electron chi connectivity index (χ3n) is 4.66. The number of halogens is 2. The highest BCUT2D eigenvalue weighted by Gasteiger charge is 2.19. The van der Waals surface area contributed by atoms with Crippen LogP contribution >= 0.6 is 24.0 Å².